The first-order chi connectivity index (χ1) is 11.7. The number of amides is 1. The molecule has 0 spiro atoms. The van der Waals surface area contributed by atoms with Crippen molar-refractivity contribution in [3.8, 4) is 11.5 Å². The summed E-state index contributed by atoms with van der Waals surface area (Å²) >= 11 is 8.61. The van der Waals surface area contributed by atoms with Crippen molar-refractivity contribution in [2.45, 2.75) is 19.9 Å². The Morgan fingerprint density at radius 2 is 2.08 bits per heavy atom. The van der Waals surface area contributed by atoms with E-state index in [0.29, 0.717) is 14.0 Å². The third kappa shape index (κ3) is 2.72. The maximum atomic E-state index is 12.4. The van der Waals surface area contributed by atoms with Crippen molar-refractivity contribution < 1.29 is 14.3 Å². The third-order valence-corrected chi connectivity index (χ3v) is 5.87. The summed E-state index contributed by atoms with van der Waals surface area (Å²) < 4.78 is 14.5. The molecule has 3 aromatic rings. The standard InChI is InChI=1S/C16H13ClN2O3S2/c1-2-5-19-9-6-10-11(22-8-21-10)7-13(9)24-16(19)18-15(20)12-3-4-14(17)23-12/h3-4,6-7H,2,5,8H2,1H3. The van der Waals surface area contributed by atoms with E-state index in [1.54, 1.807) is 12.1 Å². The van der Waals surface area contributed by atoms with Gasteiger partial charge in [-0.2, -0.15) is 4.99 Å². The third-order valence-electron chi connectivity index (χ3n) is 3.61. The van der Waals surface area contributed by atoms with Crippen molar-refractivity contribution >= 4 is 50.4 Å². The number of halogens is 1. The van der Waals surface area contributed by atoms with E-state index in [1.165, 1.54) is 22.7 Å². The van der Waals surface area contributed by atoms with E-state index in [4.69, 9.17) is 21.1 Å². The number of hydrogen-bond acceptors (Lipinski definition) is 5. The largest absolute Gasteiger partial charge is 0.454 e. The van der Waals surface area contributed by atoms with Gasteiger partial charge in [-0.25, -0.2) is 0 Å². The van der Waals surface area contributed by atoms with Crippen molar-refractivity contribution in [1.82, 2.24) is 4.57 Å². The summed E-state index contributed by atoms with van der Waals surface area (Å²) in [6.07, 6.45) is 0.937. The molecule has 0 saturated carbocycles. The van der Waals surface area contributed by atoms with Crippen LogP contribution in [0.1, 0.15) is 23.0 Å². The number of hydrogen-bond donors (Lipinski definition) is 0. The summed E-state index contributed by atoms with van der Waals surface area (Å²) in [6, 6.07) is 7.31. The molecule has 0 fully saturated rings. The lowest BCUT2D eigenvalue weighted by Crippen LogP contribution is -2.16. The molecule has 1 aromatic carbocycles. The predicted molar refractivity (Wildman–Crippen MR) is 95.5 cm³/mol. The number of benzene rings is 1. The minimum Gasteiger partial charge on any atom is -0.454 e. The van der Waals surface area contributed by atoms with Crippen LogP contribution in [0.5, 0.6) is 11.5 Å². The quantitative estimate of drug-likeness (QED) is 0.680. The normalized spacial score (nSPS) is 13.8. The van der Waals surface area contributed by atoms with Gasteiger partial charge in [0.15, 0.2) is 16.3 Å². The van der Waals surface area contributed by atoms with Gasteiger partial charge in [0, 0.05) is 18.7 Å². The number of thiazole rings is 1. The second kappa shape index (κ2) is 6.23. The average molecular weight is 381 g/mol. The molecule has 1 aliphatic heterocycles. The molecule has 3 heterocycles. The maximum absolute atomic E-state index is 12.4. The fourth-order valence-electron chi connectivity index (χ4n) is 2.56. The van der Waals surface area contributed by atoms with E-state index < -0.39 is 0 Å². The van der Waals surface area contributed by atoms with Crippen LogP contribution < -0.4 is 14.3 Å². The monoisotopic (exact) mass is 380 g/mol. The zero-order valence-corrected chi connectivity index (χ0v) is 15.1. The van der Waals surface area contributed by atoms with E-state index >= 15 is 0 Å². The molecule has 1 aliphatic rings. The summed E-state index contributed by atoms with van der Waals surface area (Å²) in [5, 5.41) is 0. The number of carbonyl (C=O) groups excluding carboxylic acids is 1. The molecule has 0 radical (unpaired) electrons. The van der Waals surface area contributed by atoms with E-state index in [2.05, 4.69) is 16.5 Å². The van der Waals surface area contributed by atoms with Gasteiger partial charge in [-0.05, 0) is 18.6 Å². The summed E-state index contributed by atoms with van der Waals surface area (Å²) in [7, 11) is 0. The number of ether oxygens (including phenoxy) is 2. The fraction of sp³-hybridized carbons (Fsp3) is 0.250. The number of thiophene rings is 1. The molecule has 0 aliphatic carbocycles. The van der Waals surface area contributed by atoms with Crippen LogP contribution in [0.4, 0.5) is 0 Å². The minimum absolute atomic E-state index is 0.245. The van der Waals surface area contributed by atoms with Crippen LogP contribution in [-0.2, 0) is 6.54 Å². The first-order valence-corrected chi connectivity index (χ1v) is 9.44. The first kappa shape index (κ1) is 15.7. The zero-order chi connectivity index (χ0) is 16.7. The Morgan fingerprint density at radius 1 is 1.29 bits per heavy atom. The van der Waals surface area contributed by atoms with Crippen LogP contribution in [0.2, 0.25) is 4.34 Å². The van der Waals surface area contributed by atoms with Crippen molar-refractivity contribution in [1.29, 1.82) is 0 Å². The Morgan fingerprint density at radius 3 is 2.79 bits per heavy atom. The van der Waals surface area contributed by atoms with Gasteiger partial charge in [0.1, 0.15) is 0 Å². The fourth-order valence-corrected chi connectivity index (χ4v) is 4.55. The number of fused-ring (bicyclic) bond motifs is 2. The van der Waals surface area contributed by atoms with Gasteiger partial charge < -0.3 is 14.0 Å². The van der Waals surface area contributed by atoms with Crippen molar-refractivity contribution in [2.75, 3.05) is 6.79 Å². The molecular weight excluding hydrogens is 368 g/mol. The molecule has 0 N–H and O–H groups in total. The number of aryl methyl sites for hydroxylation is 1. The molecule has 8 heteroatoms. The van der Waals surface area contributed by atoms with E-state index in [-0.39, 0.29) is 12.7 Å². The average Bonchev–Trinajstić information content (AvgIpc) is 3.25. The Hall–Kier alpha value is -1.83. The minimum atomic E-state index is -0.275. The molecule has 0 atom stereocenters. The van der Waals surface area contributed by atoms with Crippen LogP contribution in [0, 0.1) is 0 Å². The number of carbonyl (C=O) groups is 1. The van der Waals surface area contributed by atoms with Crippen molar-refractivity contribution in [2.24, 2.45) is 4.99 Å². The lowest BCUT2D eigenvalue weighted by Gasteiger charge is -2.03. The van der Waals surface area contributed by atoms with Crippen molar-refractivity contribution in [3.05, 3.63) is 38.3 Å². The molecule has 24 heavy (non-hydrogen) atoms. The van der Waals surface area contributed by atoms with Gasteiger partial charge in [0.2, 0.25) is 6.79 Å². The lowest BCUT2D eigenvalue weighted by molar-refractivity contribution is 0.100. The van der Waals surface area contributed by atoms with Gasteiger partial charge in [-0.15, -0.1) is 11.3 Å². The SMILES string of the molecule is CCCn1c(=NC(=O)c2ccc(Cl)s2)sc2cc3c(cc21)OCO3. The molecule has 0 saturated heterocycles. The smallest absolute Gasteiger partial charge is 0.289 e. The Kier molecular flexibility index (Phi) is 4.07. The molecule has 1 amide bonds. The van der Waals surface area contributed by atoms with Crippen LogP contribution >= 0.6 is 34.3 Å². The van der Waals surface area contributed by atoms with E-state index in [9.17, 15) is 4.79 Å². The van der Waals surface area contributed by atoms with Gasteiger partial charge in [0.25, 0.3) is 5.91 Å². The Bertz CT molecular complexity index is 1000. The highest BCUT2D eigenvalue weighted by Crippen LogP contribution is 2.37. The van der Waals surface area contributed by atoms with Crippen LogP contribution in [-0.4, -0.2) is 17.3 Å². The lowest BCUT2D eigenvalue weighted by atomic mass is 10.3. The molecule has 124 valence electrons. The second-order valence-corrected chi connectivity index (χ2v) is 7.95. The summed E-state index contributed by atoms with van der Waals surface area (Å²) in [6.45, 7) is 3.11. The van der Waals surface area contributed by atoms with E-state index in [1.807, 2.05) is 12.1 Å². The van der Waals surface area contributed by atoms with Gasteiger partial charge in [-0.3, -0.25) is 4.79 Å². The highest BCUT2D eigenvalue weighted by atomic mass is 35.5. The summed E-state index contributed by atoms with van der Waals surface area (Å²) in [4.78, 5) is 17.9. The van der Waals surface area contributed by atoms with E-state index in [0.717, 1.165) is 34.7 Å². The Balaban J connectivity index is 1.86. The molecule has 2 aromatic heterocycles. The second-order valence-electron chi connectivity index (χ2n) is 5.23. The summed E-state index contributed by atoms with van der Waals surface area (Å²) in [5.41, 5.74) is 1.00. The zero-order valence-electron chi connectivity index (χ0n) is 12.7. The molecule has 0 unspecified atom stereocenters. The van der Waals surface area contributed by atoms with Crippen LogP contribution in [0.25, 0.3) is 10.2 Å². The first-order valence-electron chi connectivity index (χ1n) is 7.43. The summed E-state index contributed by atoms with van der Waals surface area (Å²) in [5.74, 6) is 1.19. The Labute approximate surface area is 150 Å². The molecule has 4 rings (SSSR count). The van der Waals surface area contributed by atoms with Crippen LogP contribution in [0.3, 0.4) is 0 Å². The molecule has 5 nitrogen and oxygen atoms in total. The molecular formula is C16H13ClN2O3S2. The maximum Gasteiger partial charge on any atom is 0.289 e. The number of nitrogens with zero attached hydrogens (tertiary/aromatic N) is 2. The van der Waals surface area contributed by atoms with Gasteiger partial charge >= 0.3 is 0 Å². The number of aromatic nitrogens is 1. The topological polar surface area (TPSA) is 52.8 Å². The predicted octanol–water partition coefficient (Wildman–Crippen LogP) is 4.30. The highest BCUT2D eigenvalue weighted by molar-refractivity contribution is 7.18. The highest BCUT2D eigenvalue weighted by Gasteiger charge is 2.18. The number of rotatable bonds is 3. The molecule has 0 bridgehead atoms. The van der Waals surface area contributed by atoms with Crippen molar-refractivity contribution in [3.63, 3.8) is 0 Å². The van der Waals surface area contributed by atoms with Gasteiger partial charge in [0.05, 0.1) is 19.4 Å². The van der Waals surface area contributed by atoms with Crippen LogP contribution in [0.15, 0.2) is 29.3 Å². The van der Waals surface area contributed by atoms with Gasteiger partial charge in [-0.1, -0.05) is 29.9 Å².